The van der Waals surface area contributed by atoms with Crippen molar-refractivity contribution in [1.29, 1.82) is 0 Å². The summed E-state index contributed by atoms with van der Waals surface area (Å²) >= 11 is 0. The molecule has 124 valence electrons. The van der Waals surface area contributed by atoms with E-state index < -0.39 is 16.0 Å². The molecule has 7 heteroatoms. The number of nitrogens with zero attached hydrogens (tertiary/aromatic N) is 1. The Hall–Kier alpha value is -0.950. The molecule has 1 amide bonds. The van der Waals surface area contributed by atoms with Gasteiger partial charge >= 0.3 is 10.5 Å². The Kier molecular flexibility index (Phi) is 3.84. The van der Waals surface area contributed by atoms with E-state index in [4.69, 9.17) is 0 Å². The number of hydrogen-bond acceptors (Lipinski definition) is 5. The molecule has 4 aliphatic carbocycles. The maximum absolute atomic E-state index is 12.4. The van der Waals surface area contributed by atoms with Crippen LogP contribution in [0.15, 0.2) is 4.36 Å². The molecule has 0 radical (unpaired) electrons. The van der Waals surface area contributed by atoms with Gasteiger partial charge in [0.15, 0.2) is 5.54 Å². The zero-order valence-corrected chi connectivity index (χ0v) is 13.9. The second kappa shape index (κ2) is 5.30. The lowest BCUT2D eigenvalue weighted by Gasteiger charge is -2.59. The molecule has 0 aromatic carbocycles. The second-order valence-electron chi connectivity index (χ2n) is 7.99. The first-order valence-electron chi connectivity index (χ1n) is 7.99. The lowest BCUT2D eigenvalue weighted by Crippen LogP contribution is -2.61. The number of carbonyl (C=O) groups excluding carboxylic acids is 1. The van der Waals surface area contributed by atoms with Crippen molar-refractivity contribution in [2.75, 3.05) is 6.61 Å². The Morgan fingerprint density at radius 2 is 1.86 bits per heavy atom. The van der Waals surface area contributed by atoms with E-state index in [9.17, 15) is 18.3 Å². The summed E-state index contributed by atoms with van der Waals surface area (Å²) in [6.45, 7) is 3.28. The van der Waals surface area contributed by atoms with Gasteiger partial charge in [-0.3, -0.25) is 4.79 Å². The van der Waals surface area contributed by atoms with E-state index >= 15 is 0 Å². The van der Waals surface area contributed by atoms with Gasteiger partial charge in [0.1, 0.15) is 0 Å². The number of rotatable bonds is 4. The highest BCUT2D eigenvalue weighted by Crippen LogP contribution is 2.59. The molecule has 4 aliphatic rings. The van der Waals surface area contributed by atoms with Crippen molar-refractivity contribution >= 4 is 16.4 Å². The maximum atomic E-state index is 12.4. The van der Waals surface area contributed by atoms with Crippen LogP contribution >= 0.6 is 0 Å². The van der Waals surface area contributed by atoms with Gasteiger partial charge in [0, 0.05) is 12.6 Å². The maximum Gasteiger partial charge on any atom is 0.312 e. The van der Waals surface area contributed by atoms with E-state index in [1.54, 1.807) is 0 Å². The van der Waals surface area contributed by atoms with Gasteiger partial charge in [0.05, 0.1) is 0 Å². The van der Waals surface area contributed by atoms with Crippen molar-refractivity contribution in [2.24, 2.45) is 27.5 Å². The fraction of sp³-hybridized carbons (Fsp3) is 0.933. The van der Waals surface area contributed by atoms with Gasteiger partial charge in [-0.25, -0.2) is 0 Å². The average molecular weight is 328 g/mol. The summed E-state index contributed by atoms with van der Waals surface area (Å²) in [5.74, 6) is 1.14. The summed E-state index contributed by atoms with van der Waals surface area (Å²) in [6.07, 6.45) is 5.26. The van der Waals surface area contributed by atoms with Crippen molar-refractivity contribution in [3.05, 3.63) is 0 Å². The van der Waals surface area contributed by atoms with E-state index in [2.05, 4.69) is 9.68 Å². The van der Waals surface area contributed by atoms with Crippen LogP contribution in [0.2, 0.25) is 0 Å². The topological polar surface area (TPSA) is 95.8 Å². The summed E-state index contributed by atoms with van der Waals surface area (Å²) < 4.78 is 25.0. The van der Waals surface area contributed by atoms with Crippen LogP contribution in [0.5, 0.6) is 0 Å². The monoisotopic (exact) mass is 328 g/mol. The minimum atomic E-state index is -2.59. The molecule has 0 aromatic heterocycles. The molecule has 2 unspecified atom stereocenters. The molecule has 0 saturated heterocycles. The SMILES string of the molecule is CC(C)(N=S(=O)=O)C(=O)NC1C2CC3CC1CC(CO)(C3)C2. The molecule has 0 aliphatic heterocycles. The Morgan fingerprint density at radius 1 is 1.27 bits per heavy atom. The average Bonchev–Trinajstić information content (AvgIpc) is 2.40. The summed E-state index contributed by atoms with van der Waals surface area (Å²) in [5, 5.41) is 12.8. The second-order valence-corrected chi connectivity index (χ2v) is 8.61. The van der Waals surface area contributed by atoms with Gasteiger partial charge in [-0.05, 0) is 69.1 Å². The van der Waals surface area contributed by atoms with E-state index in [1.165, 1.54) is 13.8 Å². The Bertz CT molecular complexity index is 589. The standard InChI is InChI=1S/C15H24N2O4S/c1-14(2,17-22(20)21)13(19)16-12-10-3-9-4-11(12)7-15(5-9,6-10)8-18/h9-12,18H,3-8H2,1-2H3,(H,16,19). The number of carbonyl (C=O) groups is 1. The van der Waals surface area contributed by atoms with Crippen LogP contribution in [0.25, 0.3) is 0 Å². The highest BCUT2D eigenvalue weighted by molar-refractivity contribution is 7.61. The van der Waals surface area contributed by atoms with Crippen LogP contribution in [0, 0.1) is 23.2 Å². The molecule has 22 heavy (non-hydrogen) atoms. The lowest BCUT2D eigenvalue weighted by atomic mass is 9.48. The van der Waals surface area contributed by atoms with Crippen molar-refractivity contribution in [3.8, 4) is 0 Å². The quantitative estimate of drug-likeness (QED) is 0.808. The molecule has 4 fully saturated rings. The molecular weight excluding hydrogens is 304 g/mol. The van der Waals surface area contributed by atoms with Crippen LogP contribution in [0.1, 0.15) is 46.0 Å². The number of nitrogens with one attached hydrogen (secondary N) is 1. The van der Waals surface area contributed by atoms with Crippen LogP contribution in [0.3, 0.4) is 0 Å². The van der Waals surface area contributed by atoms with E-state index in [-0.39, 0.29) is 24.0 Å². The first-order valence-corrected chi connectivity index (χ1v) is 9.02. The highest BCUT2D eigenvalue weighted by atomic mass is 32.2. The summed E-state index contributed by atoms with van der Waals surface area (Å²) in [4.78, 5) is 12.4. The molecule has 0 spiro atoms. The number of aliphatic hydroxyl groups is 1. The van der Waals surface area contributed by atoms with Crippen LogP contribution in [-0.2, 0) is 15.3 Å². The predicted octanol–water partition coefficient (Wildman–Crippen LogP) is 1.13. The molecule has 2 atom stereocenters. The summed E-state index contributed by atoms with van der Waals surface area (Å²) in [6, 6.07) is 0.0956. The van der Waals surface area contributed by atoms with E-state index in [0.717, 1.165) is 32.1 Å². The summed E-state index contributed by atoms with van der Waals surface area (Å²) in [7, 11) is -2.59. The number of hydrogen-bond donors (Lipinski definition) is 2. The van der Waals surface area contributed by atoms with Crippen molar-refractivity contribution < 1.29 is 18.3 Å². The molecule has 4 saturated carbocycles. The number of amides is 1. The van der Waals surface area contributed by atoms with Crippen molar-refractivity contribution in [3.63, 3.8) is 0 Å². The van der Waals surface area contributed by atoms with Crippen LogP contribution in [0.4, 0.5) is 0 Å². The normalized spacial score (nSPS) is 39.6. The molecule has 6 nitrogen and oxygen atoms in total. The van der Waals surface area contributed by atoms with Crippen molar-refractivity contribution in [2.45, 2.75) is 57.5 Å². The number of aliphatic hydroxyl groups excluding tert-OH is 1. The third-order valence-electron chi connectivity index (χ3n) is 5.89. The predicted molar refractivity (Wildman–Crippen MR) is 80.4 cm³/mol. The Labute approximate surface area is 132 Å². The molecule has 0 aromatic rings. The largest absolute Gasteiger partial charge is 0.396 e. The van der Waals surface area contributed by atoms with Gasteiger partial charge in [-0.2, -0.15) is 12.8 Å². The Balaban J connectivity index is 1.75. The van der Waals surface area contributed by atoms with Gasteiger partial charge in [-0.15, -0.1) is 0 Å². The molecule has 0 heterocycles. The highest BCUT2D eigenvalue weighted by Gasteiger charge is 2.55. The fourth-order valence-electron chi connectivity index (χ4n) is 5.18. The summed E-state index contributed by atoms with van der Waals surface area (Å²) in [5.41, 5.74) is -1.20. The van der Waals surface area contributed by atoms with E-state index in [1.807, 2.05) is 0 Å². The lowest BCUT2D eigenvalue weighted by molar-refractivity contribution is -0.134. The third-order valence-corrected chi connectivity index (χ3v) is 6.50. The van der Waals surface area contributed by atoms with Gasteiger partial charge in [-0.1, -0.05) is 0 Å². The zero-order valence-electron chi connectivity index (χ0n) is 13.1. The first kappa shape index (κ1) is 15.9. The molecule has 4 rings (SSSR count). The van der Waals surface area contributed by atoms with Crippen LogP contribution in [-0.4, -0.2) is 37.6 Å². The third kappa shape index (κ3) is 2.69. The Morgan fingerprint density at radius 3 is 2.36 bits per heavy atom. The minimum absolute atomic E-state index is 0.0636. The molecule has 2 N–H and O–H groups in total. The van der Waals surface area contributed by atoms with Gasteiger partial charge in [0.25, 0.3) is 0 Å². The smallest absolute Gasteiger partial charge is 0.312 e. The fourth-order valence-corrected chi connectivity index (χ4v) is 5.63. The molecule has 4 bridgehead atoms. The van der Waals surface area contributed by atoms with E-state index in [0.29, 0.717) is 17.8 Å². The first-order chi connectivity index (χ1) is 10.2. The minimum Gasteiger partial charge on any atom is -0.396 e. The zero-order chi connectivity index (χ0) is 16.1. The molecular formula is C15H24N2O4S. The van der Waals surface area contributed by atoms with Crippen LogP contribution < -0.4 is 5.32 Å². The van der Waals surface area contributed by atoms with Gasteiger partial charge < -0.3 is 10.4 Å². The van der Waals surface area contributed by atoms with Gasteiger partial charge in [0.2, 0.25) is 5.91 Å². The van der Waals surface area contributed by atoms with Crippen molar-refractivity contribution in [1.82, 2.24) is 5.32 Å².